The maximum Gasteiger partial charge on any atom is 0.203 e. The lowest BCUT2D eigenvalue weighted by molar-refractivity contribution is 0.308. The van der Waals surface area contributed by atoms with Crippen molar-refractivity contribution in [2.45, 2.75) is 13.8 Å². The molecule has 0 saturated carbocycles. The van der Waals surface area contributed by atoms with Crippen LogP contribution < -0.4 is 19.5 Å². The standard InChI is InChI=1S/C16H26N2O3S/c1-6-18(7-2)9-8-17-16(22)12-10-13(19-3)15(21-5)14(11-12)20-4/h10-11H,6-9H2,1-5H3,(H,17,22). The molecule has 124 valence electrons. The van der Waals surface area contributed by atoms with E-state index in [9.17, 15) is 0 Å². The fourth-order valence-corrected chi connectivity index (χ4v) is 2.40. The lowest BCUT2D eigenvalue weighted by Gasteiger charge is -2.19. The van der Waals surface area contributed by atoms with Gasteiger partial charge in [-0.05, 0) is 25.2 Å². The van der Waals surface area contributed by atoms with E-state index in [1.807, 2.05) is 12.1 Å². The van der Waals surface area contributed by atoms with Crippen LogP contribution in [0.5, 0.6) is 17.2 Å². The van der Waals surface area contributed by atoms with E-state index in [1.165, 1.54) is 0 Å². The SMILES string of the molecule is CCN(CC)CCNC(=S)c1cc(OC)c(OC)c(OC)c1. The zero-order valence-electron chi connectivity index (χ0n) is 14.1. The Hall–Kier alpha value is -1.53. The fourth-order valence-electron chi connectivity index (χ4n) is 2.18. The van der Waals surface area contributed by atoms with Gasteiger partial charge in [0.05, 0.1) is 21.3 Å². The molecule has 0 heterocycles. The Balaban J connectivity index is 2.81. The van der Waals surface area contributed by atoms with Gasteiger partial charge in [-0.25, -0.2) is 0 Å². The predicted molar refractivity (Wildman–Crippen MR) is 93.6 cm³/mol. The molecule has 0 bridgehead atoms. The number of likely N-dealkylation sites (N-methyl/N-ethyl adjacent to an activating group) is 1. The molecule has 0 aliphatic carbocycles. The van der Waals surface area contributed by atoms with Crippen molar-refractivity contribution < 1.29 is 14.2 Å². The maximum atomic E-state index is 5.46. The first-order chi connectivity index (χ1) is 10.6. The van der Waals surface area contributed by atoms with Crippen LogP contribution in [0.1, 0.15) is 19.4 Å². The number of hydrogen-bond acceptors (Lipinski definition) is 5. The highest BCUT2D eigenvalue weighted by molar-refractivity contribution is 7.80. The van der Waals surface area contributed by atoms with E-state index in [4.69, 9.17) is 26.4 Å². The summed E-state index contributed by atoms with van der Waals surface area (Å²) in [5.41, 5.74) is 0.851. The monoisotopic (exact) mass is 326 g/mol. The second kappa shape index (κ2) is 9.48. The van der Waals surface area contributed by atoms with E-state index in [0.717, 1.165) is 31.7 Å². The van der Waals surface area contributed by atoms with Crippen molar-refractivity contribution in [2.75, 3.05) is 47.5 Å². The van der Waals surface area contributed by atoms with Gasteiger partial charge in [-0.1, -0.05) is 26.1 Å². The van der Waals surface area contributed by atoms with E-state index < -0.39 is 0 Å². The van der Waals surface area contributed by atoms with Gasteiger partial charge in [0.25, 0.3) is 0 Å². The van der Waals surface area contributed by atoms with E-state index >= 15 is 0 Å². The zero-order valence-corrected chi connectivity index (χ0v) is 14.9. The van der Waals surface area contributed by atoms with Crippen LogP contribution in [0, 0.1) is 0 Å². The summed E-state index contributed by atoms with van der Waals surface area (Å²) in [7, 11) is 4.77. The Morgan fingerprint density at radius 2 is 1.59 bits per heavy atom. The van der Waals surface area contributed by atoms with E-state index in [1.54, 1.807) is 21.3 Å². The summed E-state index contributed by atoms with van der Waals surface area (Å²) < 4.78 is 16.0. The van der Waals surface area contributed by atoms with Crippen molar-refractivity contribution >= 4 is 17.2 Å². The van der Waals surface area contributed by atoms with Gasteiger partial charge >= 0.3 is 0 Å². The van der Waals surface area contributed by atoms with E-state index in [0.29, 0.717) is 22.2 Å². The lowest BCUT2D eigenvalue weighted by atomic mass is 10.1. The second-order valence-corrected chi connectivity index (χ2v) is 5.11. The van der Waals surface area contributed by atoms with E-state index in [-0.39, 0.29) is 0 Å². The van der Waals surface area contributed by atoms with Crippen molar-refractivity contribution in [1.82, 2.24) is 10.2 Å². The topological polar surface area (TPSA) is 43.0 Å². The molecule has 5 nitrogen and oxygen atoms in total. The first-order valence-corrected chi connectivity index (χ1v) is 7.82. The summed E-state index contributed by atoms with van der Waals surface area (Å²) in [5.74, 6) is 1.77. The van der Waals surface area contributed by atoms with Crippen LogP contribution in [0.15, 0.2) is 12.1 Å². The summed E-state index contributed by atoms with van der Waals surface area (Å²) >= 11 is 5.46. The molecule has 0 spiro atoms. The molecule has 6 heteroatoms. The molecular formula is C16H26N2O3S. The summed E-state index contributed by atoms with van der Waals surface area (Å²) in [6, 6.07) is 3.71. The predicted octanol–water partition coefficient (Wildman–Crippen LogP) is 2.32. The number of hydrogen-bond donors (Lipinski definition) is 1. The minimum Gasteiger partial charge on any atom is -0.493 e. The number of methoxy groups -OCH3 is 3. The van der Waals surface area contributed by atoms with Gasteiger partial charge in [-0.15, -0.1) is 0 Å². The number of rotatable bonds is 9. The average Bonchev–Trinajstić information content (AvgIpc) is 2.56. The highest BCUT2D eigenvalue weighted by atomic mass is 32.1. The molecule has 0 amide bonds. The van der Waals surface area contributed by atoms with Gasteiger partial charge in [0, 0.05) is 18.7 Å². The highest BCUT2D eigenvalue weighted by Gasteiger charge is 2.15. The quantitative estimate of drug-likeness (QED) is 0.703. The lowest BCUT2D eigenvalue weighted by Crippen LogP contribution is -2.34. The molecule has 0 saturated heterocycles. The summed E-state index contributed by atoms with van der Waals surface area (Å²) in [5, 5.41) is 3.28. The molecule has 1 aromatic rings. The molecule has 1 rings (SSSR count). The van der Waals surface area contributed by atoms with Crippen LogP contribution >= 0.6 is 12.2 Å². The van der Waals surface area contributed by atoms with Crippen molar-refractivity contribution in [3.05, 3.63) is 17.7 Å². The van der Waals surface area contributed by atoms with Crippen molar-refractivity contribution in [1.29, 1.82) is 0 Å². The Labute approximate surface area is 138 Å². The van der Waals surface area contributed by atoms with Crippen molar-refractivity contribution in [3.63, 3.8) is 0 Å². The van der Waals surface area contributed by atoms with Crippen LogP contribution in [0.2, 0.25) is 0 Å². The van der Waals surface area contributed by atoms with Crippen molar-refractivity contribution in [2.24, 2.45) is 0 Å². The van der Waals surface area contributed by atoms with Gasteiger partial charge in [-0.3, -0.25) is 0 Å². The molecule has 0 aliphatic heterocycles. The smallest absolute Gasteiger partial charge is 0.203 e. The zero-order chi connectivity index (χ0) is 16.5. The molecule has 0 atom stereocenters. The molecule has 1 N–H and O–H groups in total. The number of ether oxygens (including phenoxy) is 3. The Bertz CT molecular complexity index is 465. The third-order valence-electron chi connectivity index (χ3n) is 3.53. The average molecular weight is 326 g/mol. The molecule has 0 unspecified atom stereocenters. The Kier molecular flexibility index (Phi) is 7.98. The molecule has 0 aromatic heterocycles. The van der Waals surface area contributed by atoms with Gasteiger partial charge < -0.3 is 24.4 Å². The molecule has 0 fully saturated rings. The first kappa shape index (κ1) is 18.5. The Morgan fingerprint density at radius 3 is 2.00 bits per heavy atom. The van der Waals surface area contributed by atoms with Crippen LogP contribution in [0.4, 0.5) is 0 Å². The number of nitrogens with zero attached hydrogens (tertiary/aromatic N) is 1. The molecule has 1 aromatic carbocycles. The van der Waals surface area contributed by atoms with Crippen LogP contribution in [-0.4, -0.2) is 57.4 Å². The minimum absolute atomic E-state index is 0.569. The second-order valence-electron chi connectivity index (χ2n) is 4.70. The highest BCUT2D eigenvalue weighted by Crippen LogP contribution is 2.38. The van der Waals surface area contributed by atoms with Gasteiger partial charge in [-0.2, -0.15) is 0 Å². The number of thiocarbonyl (C=S) groups is 1. The maximum absolute atomic E-state index is 5.46. The first-order valence-electron chi connectivity index (χ1n) is 7.41. The molecular weight excluding hydrogens is 300 g/mol. The molecule has 0 aliphatic rings. The third kappa shape index (κ3) is 4.74. The van der Waals surface area contributed by atoms with Crippen LogP contribution in [0.3, 0.4) is 0 Å². The number of benzene rings is 1. The minimum atomic E-state index is 0.569. The summed E-state index contributed by atoms with van der Waals surface area (Å²) in [6.07, 6.45) is 0. The summed E-state index contributed by atoms with van der Waals surface area (Å²) in [4.78, 5) is 3.01. The van der Waals surface area contributed by atoms with Crippen molar-refractivity contribution in [3.8, 4) is 17.2 Å². The molecule has 0 radical (unpaired) electrons. The Morgan fingerprint density at radius 1 is 1.05 bits per heavy atom. The largest absolute Gasteiger partial charge is 0.493 e. The van der Waals surface area contributed by atoms with Crippen LogP contribution in [-0.2, 0) is 0 Å². The summed E-state index contributed by atoms with van der Waals surface area (Å²) in [6.45, 7) is 8.14. The number of nitrogens with one attached hydrogen (secondary N) is 1. The molecule has 22 heavy (non-hydrogen) atoms. The third-order valence-corrected chi connectivity index (χ3v) is 3.91. The fraction of sp³-hybridized carbons (Fsp3) is 0.562. The van der Waals surface area contributed by atoms with Gasteiger partial charge in [0.1, 0.15) is 4.99 Å². The van der Waals surface area contributed by atoms with Gasteiger partial charge in [0.15, 0.2) is 11.5 Å². The normalized spacial score (nSPS) is 10.5. The van der Waals surface area contributed by atoms with Gasteiger partial charge in [0.2, 0.25) is 5.75 Å². The van der Waals surface area contributed by atoms with E-state index in [2.05, 4.69) is 24.1 Å². The van der Waals surface area contributed by atoms with Crippen LogP contribution in [0.25, 0.3) is 0 Å².